The van der Waals surface area contributed by atoms with Crippen LogP contribution in [0.1, 0.15) is 62.5 Å². The van der Waals surface area contributed by atoms with E-state index in [1.807, 2.05) is 6.20 Å². The van der Waals surface area contributed by atoms with Gasteiger partial charge in [0.25, 0.3) is 0 Å². The Balaban J connectivity index is 1.79. The molecule has 1 aliphatic carbocycles. The Hall–Kier alpha value is -2.60. The van der Waals surface area contributed by atoms with Gasteiger partial charge in [0.2, 0.25) is 0 Å². The van der Waals surface area contributed by atoms with Crippen LogP contribution >= 0.6 is 0 Å². The minimum atomic E-state index is 0.296. The minimum Gasteiger partial charge on any atom is -0.382 e. The lowest BCUT2D eigenvalue weighted by molar-refractivity contribution is 0.396. The van der Waals surface area contributed by atoms with E-state index in [0.29, 0.717) is 23.7 Å². The molecule has 142 valence electrons. The maximum atomic E-state index is 6.41. The highest BCUT2D eigenvalue weighted by atomic mass is 15.3. The normalized spacial score (nSPS) is 20.3. The minimum absolute atomic E-state index is 0.296. The number of rotatable bonds is 4. The Morgan fingerprint density at radius 3 is 2.70 bits per heavy atom. The van der Waals surface area contributed by atoms with Crippen LogP contribution in [-0.4, -0.2) is 20.6 Å². The van der Waals surface area contributed by atoms with Crippen LogP contribution in [0.5, 0.6) is 0 Å². The Morgan fingerprint density at radius 1 is 1.19 bits per heavy atom. The van der Waals surface area contributed by atoms with Crippen molar-refractivity contribution in [3.63, 3.8) is 0 Å². The highest BCUT2D eigenvalue weighted by molar-refractivity contribution is 5.80. The molecule has 0 radical (unpaired) electrons. The van der Waals surface area contributed by atoms with Crippen LogP contribution in [0.4, 0.5) is 17.2 Å². The molecule has 0 atom stereocenters. The third kappa shape index (κ3) is 3.49. The van der Waals surface area contributed by atoms with E-state index in [4.69, 9.17) is 11.5 Å². The average Bonchev–Trinajstić information content (AvgIpc) is 3.11. The first kappa shape index (κ1) is 17.8. The van der Waals surface area contributed by atoms with Crippen LogP contribution in [0.2, 0.25) is 0 Å². The van der Waals surface area contributed by atoms with Gasteiger partial charge < -0.3 is 16.8 Å². The second-order valence-electron chi connectivity index (χ2n) is 7.89. The number of fused-ring (bicyclic) bond motifs is 1. The van der Waals surface area contributed by atoms with Crippen LogP contribution in [0, 0.1) is 0 Å². The summed E-state index contributed by atoms with van der Waals surface area (Å²) >= 11 is 0. The van der Waals surface area contributed by atoms with Crippen molar-refractivity contribution in [1.82, 2.24) is 14.6 Å². The molecule has 0 bridgehead atoms. The molecule has 1 aromatic carbocycles. The molecule has 4 rings (SSSR count). The topological polar surface area (TPSA) is 94.3 Å². The van der Waals surface area contributed by atoms with Gasteiger partial charge in [-0.15, -0.1) is 5.10 Å². The Labute approximate surface area is 160 Å². The molecule has 0 unspecified atom stereocenters. The van der Waals surface area contributed by atoms with Gasteiger partial charge in [-0.05, 0) is 55.2 Å². The summed E-state index contributed by atoms with van der Waals surface area (Å²) in [7, 11) is 0. The first-order chi connectivity index (χ1) is 13.0. The van der Waals surface area contributed by atoms with Gasteiger partial charge >= 0.3 is 0 Å². The number of anilines is 3. The summed E-state index contributed by atoms with van der Waals surface area (Å²) in [6, 6.07) is 8.82. The van der Waals surface area contributed by atoms with Crippen molar-refractivity contribution >= 4 is 22.8 Å². The van der Waals surface area contributed by atoms with E-state index in [1.54, 1.807) is 10.7 Å². The third-order valence-corrected chi connectivity index (χ3v) is 5.61. The zero-order chi connectivity index (χ0) is 19.0. The van der Waals surface area contributed by atoms with Crippen molar-refractivity contribution in [2.24, 2.45) is 5.73 Å². The summed E-state index contributed by atoms with van der Waals surface area (Å²) in [5, 5.41) is 8.15. The molecule has 1 aliphatic rings. The lowest BCUT2D eigenvalue weighted by Gasteiger charge is -2.29. The lowest BCUT2D eigenvalue weighted by atomic mass is 9.81. The van der Waals surface area contributed by atoms with Crippen LogP contribution in [-0.2, 0) is 0 Å². The number of aromatic nitrogens is 3. The van der Waals surface area contributed by atoms with Crippen LogP contribution in [0.25, 0.3) is 5.65 Å². The Kier molecular flexibility index (Phi) is 4.74. The highest BCUT2D eigenvalue weighted by Crippen LogP contribution is 2.41. The fourth-order valence-electron chi connectivity index (χ4n) is 4.04. The van der Waals surface area contributed by atoms with Crippen LogP contribution < -0.4 is 16.8 Å². The van der Waals surface area contributed by atoms with Gasteiger partial charge in [-0.1, -0.05) is 26.0 Å². The maximum absolute atomic E-state index is 6.41. The summed E-state index contributed by atoms with van der Waals surface area (Å²) in [5.41, 5.74) is 17.7. The molecule has 2 heterocycles. The molecular formula is C21H28N6. The molecule has 2 aromatic heterocycles. The van der Waals surface area contributed by atoms with Gasteiger partial charge in [-0.2, -0.15) is 0 Å². The van der Waals surface area contributed by atoms with E-state index in [1.165, 1.54) is 5.56 Å². The molecule has 6 nitrogen and oxygen atoms in total. The van der Waals surface area contributed by atoms with Crippen molar-refractivity contribution < 1.29 is 0 Å². The standard InChI is InChI=1S/C21H28N6/c1-13(2)15-4-3-5-17(12-15)25-19-18(14-6-8-16(22)9-7-14)20(23)26-27-11-10-24-21(19)27/h3-5,10-14,16,25H,6-9,22H2,1-2H3,(H2,23,26)/t14-,16-. The van der Waals surface area contributed by atoms with E-state index in [0.717, 1.165) is 48.3 Å². The van der Waals surface area contributed by atoms with E-state index in [9.17, 15) is 0 Å². The molecular weight excluding hydrogens is 336 g/mol. The monoisotopic (exact) mass is 364 g/mol. The molecule has 3 aromatic rings. The zero-order valence-corrected chi connectivity index (χ0v) is 16.0. The van der Waals surface area contributed by atoms with Gasteiger partial charge in [-0.25, -0.2) is 9.50 Å². The molecule has 27 heavy (non-hydrogen) atoms. The van der Waals surface area contributed by atoms with E-state index in [2.05, 4.69) is 53.5 Å². The smallest absolute Gasteiger partial charge is 0.177 e. The number of imidazole rings is 1. The quantitative estimate of drug-likeness (QED) is 0.646. The summed E-state index contributed by atoms with van der Waals surface area (Å²) in [6.07, 6.45) is 7.70. The Bertz CT molecular complexity index is 937. The van der Waals surface area contributed by atoms with E-state index < -0.39 is 0 Å². The number of benzene rings is 1. The number of hydrogen-bond acceptors (Lipinski definition) is 5. The molecule has 0 spiro atoms. The second-order valence-corrected chi connectivity index (χ2v) is 7.89. The summed E-state index contributed by atoms with van der Waals surface area (Å²) in [4.78, 5) is 4.54. The lowest BCUT2D eigenvalue weighted by Crippen LogP contribution is -2.26. The van der Waals surface area contributed by atoms with Crippen molar-refractivity contribution in [3.8, 4) is 0 Å². The summed E-state index contributed by atoms with van der Waals surface area (Å²) in [6.45, 7) is 4.40. The number of nitrogens with two attached hydrogens (primary N) is 2. The fraction of sp³-hybridized carbons (Fsp3) is 0.429. The maximum Gasteiger partial charge on any atom is 0.177 e. The molecule has 6 heteroatoms. The van der Waals surface area contributed by atoms with Crippen molar-refractivity contribution in [2.45, 2.75) is 57.4 Å². The number of nitrogen functional groups attached to an aromatic ring is 1. The largest absolute Gasteiger partial charge is 0.382 e. The molecule has 1 fully saturated rings. The predicted octanol–water partition coefficient (Wildman–Crippen LogP) is 4.16. The van der Waals surface area contributed by atoms with Gasteiger partial charge in [0.05, 0.1) is 5.69 Å². The number of hydrogen-bond donors (Lipinski definition) is 3. The zero-order valence-electron chi connectivity index (χ0n) is 16.0. The van der Waals surface area contributed by atoms with Crippen LogP contribution in [0.15, 0.2) is 36.7 Å². The van der Waals surface area contributed by atoms with Crippen molar-refractivity contribution in [1.29, 1.82) is 0 Å². The van der Waals surface area contributed by atoms with Crippen LogP contribution in [0.3, 0.4) is 0 Å². The van der Waals surface area contributed by atoms with Gasteiger partial charge in [0.1, 0.15) is 5.82 Å². The van der Waals surface area contributed by atoms with Gasteiger partial charge in [0.15, 0.2) is 5.65 Å². The van der Waals surface area contributed by atoms with E-state index >= 15 is 0 Å². The fourth-order valence-corrected chi connectivity index (χ4v) is 4.04. The molecule has 0 saturated heterocycles. The second kappa shape index (κ2) is 7.19. The number of nitrogens with zero attached hydrogens (tertiary/aromatic N) is 3. The van der Waals surface area contributed by atoms with Crippen molar-refractivity contribution in [3.05, 3.63) is 47.8 Å². The number of nitrogens with one attached hydrogen (secondary N) is 1. The van der Waals surface area contributed by atoms with Gasteiger partial charge in [-0.3, -0.25) is 0 Å². The SMILES string of the molecule is CC(C)c1cccc(Nc2c3nccn3nc(N)c2[C@H]2CC[C@H](N)CC2)c1. The van der Waals surface area contributed by atoms with Crippen molar-refractivity contribution in [2.75, 3.05) is 11.1 Å². The Morgan fingerprint density at radius 2 is 1.96 bits per heavy atom. The predicted molar refractivity (Wildman–Crippen MR) is 110 cm³/mol. The average molecular weight is 364 g/mol. The van der Waals surface area contributed by atoms with E-state index in [-0.39, 0.29) is 0 Å². The molecule has 5 N–H and O–H groups in total. The molecule has 1 saturated carbocycles. The molecule has 0 amide bonds. The first-order valence-electron chi connectivity index (χ1n) is 9.78. The first-order valence-corrected chi connectivity index (χ1v) is 9.78. The molecule has 0 aliphatic heterocycles. The third-order valence-electron chi connectivity index (χ3n) is 5.61. The van der Waals surface area contributed by atoms with Gasteiger partial charge in [0, 0.05) is 29.7 Å². The summed E-state index contributed by atoms with van der Waals surface area (Å²) < 4.78 is 1.75. The summed E-state index contributed by atoms with van der Waals surface area (Å²) in [5.74, 6) is 1.40. The highest BCUT2D eigenvalue weighted by Gasteiger charge is 2.27.